The number of phenols is 1. The van der Waals surface area contributed by atoms with Crippen LogP contribution in [0.5, 0.6) is 5.75 Å². The molecule has 17 heavy (non-hydrogen) atoms. The highest BCUT2D eigenvalue weighted by Crippen LogP contribution is 2.20. The molecule has 1 heterocycles. The fourth-order valence-electron chi connectivity index (χ4n) is 1.84. The lowest BCUT2D eigenvalue weighted by molar-refractivity contribution is 0.476. The van der Waals surface area contributed by atoms with Gasteiger partial charge in [-0.25, -0.2) is 4.68 Å². The minimum Gasteiger partial charge on any atom is -0.508 e. The summed E-state index contributed by atoms with van der Waals surface area (Å²) in [4.78, 5) is 0. The van der Waals surface area contributed by atoms with Crippen LogP contribution in [0.3, 0.4) is 0 Å². The molecular weight excluding hydrogens is 212 g/mol. The first-order chi connectivity index (χ1) is 8.22. The third kappa shape index (κ3) is 1.76. The number of fused-ring (bicyclic) bond motifs is 1. The minimum atomic E-state index is 0.265. The summed E-state index contributed by atoms with van der Waals surface area (Å²) in [6.45, 7) is 2.06. The summed E-state index contributed by atoms with van der Waals surface area (Å²) < 4.78 is 1.82. The van der Waals surface area contributed by atoms with Gasteiger partial charge in [-0.1, -0.05) is 17.7 Å². The number of aryl methyl sites for hydroxylation is 1. The van der Waals surface area contributed by atoms with Gasteiger partial charge in [-0.05, 0) is 37.3 Å². The third-order valence-corrected chi connectivity index (χ3v) is 2.79. The van der Waals surface area contributed by atoms with Crippen molar-refractivity contribution in [2.45, 2.75) is 6.92 Å². The zero-order valence-electron chi connectivity index (χ0n) is 9.46. The Labute approximate surface area is 98.9 Å². The molecule has 0 unspecified atom stereocenters. The molecule has 1 aromatic heterocycles. The van der Waals surface area contributed by atoms with E-state index in [9.17, 15) is 5.11 Å². The van der Waals surface area contributed by atoms with Gasteiger partial charge in [-0.15, -0.1) is 0 Å². The first-order valence-corrected chi connectivity index (χ1v) is 5.48. The van der Waals surface area contributed by atoms with Gasteiger partial charge in [0.2, 0.25) is 0 Å². The van der Waals surface area contributed by atoms with E-state index in [0.29, 0.717) is 0 Å². The average Bonchev–Trinajstić information content (AvgIpc) is 2.72. The van der Waals surface area contributed by atoms with Gasteiger partial charge >= 0.3 is 0 Å². The molecule has 0 amide bonds. The summed E-state index contributed by atoms with van der Waals surface area (Å²) in [5.74, 6) is 0.265. The van der Waals surface area contributed by atoms with Crippen LogP contribution in [0.15, 0.2) is 48.7 Å². The molecule has 0 aliphatic rings. The highest BCUT2D eigenvalue weighted by molar-refractivity contribution is 5.80. The van der Waals surface area contributed by atoms with Crippen molar-refractivity contribution in [3.63, 3.8) is 0 Å². The first kappa shape index (κ1) is 9.90. The topological polar surface area (TPSA) is 38.0 Å². The maximum atomic E-state index is 9.41. The molecule has 0 aliphatic carbocycles. The lowest BCUT2D eigenvalue weighted by Gasteiger charge is -2.00. The number of phenolic OH excluding ortho intramolecular Hbond substituents is 1. The van der Waals surface area contributed by atoms with Gasteiger partial charge in [-0.3, -0.25) is 0 Å². The van der Waals surface area contributed by atoms with E-state index in [1.54, 1.807) is 12.1 Å². The molecular formula is C14H12N2O. The fourth-order valence-corrected chi connectivity index (χ4v) is 1.84. The second-order valence-electron chi connectivity index (χ2n) is 4.15. The number of aromatic nitrogens is 2. The Bertz CT molecular complexity index is 668. The third-order valence-electron chi connectivity index (χ3n) is 2.79. The molecule has 3 rings (SSSR count). The van der Waals surface area contributed by atoms with E-state index in [4.69, 9.17) is 0 Å². The maximum absolute atomic E-state index is 9.41. The van der Waals surface area contributed by atoms with E-state index >= 15 is 0 Å². The highest BCUT2D eigenvalue weighted by Gasteiger charge is 2.03. The van der Waals surface area contributed by atoms with Gasteiger partial charge in [-0.2, -0.15) is 5.10 Å². The molecule has 2 aromatic carbocycles. The van der Waals surface area contributed by atoms with E-state index in [2.05, 4.69) is 24.2 Å². The van der Waals surface area contributed by atoms with Crippen molar-refractivity contribution in [1.29, 1.82) is 0 Å². The number of rotatable bonds is 1. The van der Waals surface area contributed by atoms with Gasteiger partial charge in [0, 0.05) is 11.6 Å². The van der Waals surface area contributed by atoms with E-state index in [1.807, 2.05) is 29.1 Å². The monoisotopic (exact) mass is 224 g/mol. The fraction of sp³-hybridized carbons (Fsp3) is 0.0714. The Morgan fingerprint density at radius 3 is 2.59 bits per heavy atom. The van der Waals surface area contributed by atoms with E-state index < -0.39 is 0 Å². The van der Waals surface area contributed by atoms with Gasteiger partial charge in [0.15, 0.2) is 0 Å². The predicted octanol–water partition coefficient (Wildman–Crippen LogP) is 3.04. The quantitative estimate of drug-likeness (QED) is 0.690. The Balaban J connectivity index is 2.14. The molecule has 3 aromatic rings. The number of nitrogens with zero attached hydrogens (tertiary/aromatic N) is 2. The first-order valence-electron chi connectivity index (χ1n) is 5.48. The SMILES string of the molecule is Cc1ccc(-n2cc3cc(O)ccc3n2)cc1. The molecule has 0 atom stereocenters. The van der Waals surface area contributed by atoms with Crippen LogP contribution in [0.2, 0.25) is 0 Å². The van der Waals surface area contributed by atoms with Crippen LogP contribution in [-0.4, -0.2) is 14.9 Å². The molecule has 0 aliphatic heterocycles. The van der Waals surface area contributed by atoms with Crippen LogP contribution in [0.1, 0.15) is 5.56 Å². The van der Waals surface area contributed by atoms with Crippen molar-refractivity contribution >= 4 is 10.9 Å². The summed E-state index contributed by atoms with van der Waals surface area (Å²) in [7, 11) is 0. The van der Waals surface area contributed by atoms with E-state index in [0.717, 1.165) is 16.6 Å². The summed E-state index contributed by atoms with van der Waals surface area (Å²) in [6, 6.07) is 13.3. The van der Waals surface area contributed by atoms with Crippen LogP contribution in [-0.2, 0) is 0 Å². The van der Waals surface area contributed by atoms with Crippen molar-refractivity contribution in [2.75, 3.05) is 0 Å². The lowest BCUT2D eigenvalue weighted by Crippen LogP contribution is -1.93. The molecule has 0 fully saturated rings. The van der Waals surface area contributed by atoms with Crippen LogP contribution in [0.25, 0.3) is 16.6 Å². The Hall–Kier alpha value is -2.29. The number of hydrogen-bond acceptors (Lipinski definition) is 2. The highest BCUT2D eigenvalue weighted by atomic mass is 16.3. The zero-order chi connectivity index (χ0) is 11.8. The molecule has 0 bridgehead atoms. The van der Waals surface area contributed by atoms with Crippen molar-refractivity contribution < 1.29 is 5.11 Å². The largest absolute Gasteiger partial charge is 0.508 e. The predicted molar refractivity (Wildman–Crippen MR) is 67.5 cm³/mol. The van der Waals surface area contributed by atoms with E-state index in [-0.39, 0.29) is 5.75 Å². The minimum absolute atomic E-state index is 0.265. The van der Waals surface area contributed by atoms with Gasteiger partial charge in [0.1, 0.15) is 5.75 Å². The van der Waals surface area contributed by atoms with Gasteiger partial charge < -0.3 is 5.11 Å². The number of hydrogen-bond donors (Lipinski definition) is 1. The number of aromatic hydroxyl groups is 1. The Morgan fingerprint density at radius 2 is 1.82 bits per heavy atom. The van der Waals surface area contributed by atoms with Crippen molar-refractivity contribution in [1.82, 2.24) is 9.78 Å². The molecule has 84 valence electrons. The van der Waals surface area contributed by atoms with Crippen molar-refractivity contribution in [2.24, 2.45) is 0 Å². The second-order valence-corrected chi connectivity index (χ2v) is 4.15. The zero-order valence-corrected chi connectivity index (χ0v) is 9.46. The molecule has 0 saturated carbocycles. The van der Waals surface area contributed by atoms with Gasteiger partial charge in [0.25, 0.3) is 0 Å². The Morgan fingerprint density at radius 1 is 1.06 bits per heavy atom. The van der Waals surface area contributed by atoms with Crippen LogP contribution in [0.4, 0.5) is 0 Å². The molecule has 0 saturated heterocycles. The maximum Gasteiger partial charge on any atom is 0.116 e. The lowest BCUT2D eigenvalue weighted by atomic mass is 10.2. The second kappa shape index (κ2) is 3.63. The standard InChI is InChI=1S/C14H12N2O/c1-10-2-4-12(5-3-10)16-9-11-8-13(17)6-7-14(11)15-16/h2-9,17H,1H3. The molecule has 0 radical (unpaired) electrons. The van der Waals surface area contributed by atoms with Crippen molar-refractivity contribution in [3.8, 4) is 11.4 Å². The molecule has 3 heteroatoms. The molecule has 1 N–H and O–H groups in total. The van der Waals surface area contributed by atoms with Gasteiger partial charge in [0.05, 0.1) is 11.2 Å². The Kier molecular flexibility index (Phi) is 2.11. The van der Waals surface area contributed by atoms with Crippen LogP contribution in [0, 0.1) is 6.92 Å². The van der Waals surface area contributed by atoms with E-state index in [1.165, 1.54) is 5.56 Å². The van der Waals surface area contributed by atoms with Crippen molar-refractivity contribution in [3.05, 3.63) is 54.2 Å². The average molecular weight is 224 g/mol. The summed E-state index contributed by atoms with van der Waals surface area (Å²) >= 11 is 0. The summed E-state index contributed by atoms with van der Waals surface area (Å²) in [5, 5.41) is 14.8. The smallest absolute Gasteiger partial charge is 0.116 e. The normalized spacial score (nSPS) is 10.9. The van der Waals surface area contributed by atoms with Crippen LogP contribution < -0.4 is 0 Å². The molecule has 0 spiro atoms. The molecule has 3 nitrogen and oxygen atoms in total. The summed E-state index contributed by atoms with van der Waals surface area (Å²) in [6.07, 6.45) is 1.92. The van der Waals surface area contributed by atoms with Crippen LogP contribution >= 0.6 is 0 Å². The summed E-state index contributed by atoms with van der Waals surface area (Å²) in [5.41, 5.74) is 3.12. The number of benzene rings is 2.